The van der Waals surface area contributed by atoms with Gasteiger partial charge in [-0.1, -0.05) is 11.3 Å². The third-order valence-corrected chi connectivity index (χ3v) is 2.57. The third-order valence-electron chi connectivity index (χ3n) is 2.57. The van der Waals surface area contributed by atoms with Crippen molar-refractivity contribution in [1.29, 1.82) is 0 Å². The predicted octanol–water partition coefficient (Wildman–Crippen LogP) is 0.684. The van der Waals surface area contributed by atoms with Crippen LogP contribution in [0.15, 0.2) is 24.4 Å². The molecule has 0 spiro atoms. The Morgan fingerprint density at radius 2 is 1.95 bits per heavy atom. The number of hydrogen-bond acceptors (Lipinski definition) is 4. The minimum Gasteiger partial charge on any atom is -0.476 e. The summed E-state index contributed by atoms with van der Waals surface area (Å²) < 4.78 is 27.9. The molecule has 2 N–H and O–H groups in total. The first-order valence-electron chi connectivity index (χ1n) is 5.84. The number of nitrogens with zero attached hydrogens (tertiary/aromatic N) is 3. The summed E-state index contributed by atoms with van der Waals surface area (Å²) in [7, 11) is 0. The lowest BCUT2D eigenvalue weighted by Crippen LogP contribution is -2.29. The van der Waals surface area contributed by atoms with E-state index in [1.165, 1.54) is 10.9 Å². The van der Waals surface area contributed by atoms with E-state index >= 15 is 0 Å². The smallest absolute Gasteiger partial charge is 0.358 e. The van der Waals surface area contributed by atoms with E-state index in [-0.39, 0.29) is 18.8 Å². The van der Waals surface area contributed by atoms with E-state index in [0.717, 1.165) is 18.2 Å². The first kappa shape index (κ1) is 14.6. The molecule has 7 nitrogen and oxygen atoms in total. The van der Waals surface area contributed by atoms with Gasteiger partial charge in [-0.25, -0.2) is 18.3 Å². The standard InChI is InChI=1S/C12H10F2N4O3/c13-7-2-1-3-8(14)10(7)11(19)15-4-5-18-6-9(12(20)21)16-17-18/h1-3,6H,4-5H2,(H,15,19)(H,20,21). The summed E-state index contributed by atoms with van der Waals surface area (Å²) >= 11 is 0. The molecule has 21 heavy (non-hydrogen) atoms. The number of carboxylic acids is 1. The fourth-order valence-electron chi connectivity index (χ4n) is 1.59. The normalized spacial score (nSPS) is 10.4. The molecule has 0 aliphatic rings. The van der Waals surface area contributed by atoms with E-state index in [9.17, 15) is 18.4 Å². The Hall–Kier alpha value is -2.84. The van der Waals surface area contributed by atoms with Crippen LogP contribution in [0.3, 0.4) is 0 Å². The average molecular weight is 296 g/mol. The van der Waals surface area contributed by atoms with Gasteiger partial charge in [0, 0.05) is 6.54 Å². The van der Waals surface area contributed by atoms with Gasteiger partial charge in [-0.05, 0) is 12.1 Å². The van der Waals surface area contributed by atoms with Crippen LogP contribution in [0.1, 0.15) is 20.8 Å². The second-order valence-electron chi connectivity index (χ2n) is 4.02. The van der Waals surface area contributed by atoms with Crippen molar-refractivity contribution in [3.8, 4) is 0 Å². The molecular formula is C12H10F2N4O3. The molecule has 0 radical (unpaired) electrons. The van der Waals surface area contributed by atoms with Gasteiger partial charge < -0.3 is 10.4 Å². The van der Waals surface area contributed by atoms with Crippen LogP contribution in [-0.4, -0.2) is 38.5 Å². The van der Waals surface area contributed by atoms with Crippen LogP contribution in [0, 0.1) is 11.6 Å². The Labute approximate surface area is 117 Å². The molecule has 2 aromatic rings. The van der Waals surface area contributed by atoms with E-state index in [0.29, 0.717) is 0 Å². The van der Waals surface area contributed by atoms with Crippen LogP contribution >= 0.6 is 0 Å². The van der Waals surface area contributed by atoms with E-state index in [1.807, 2.05) is 0 Å². The zero-order valence-electron chi connectivity index (χ0n) is 10.6. The third kappa shape index (κ3) is 3.38. The molecular weight excluding hydrogens is 286 g/mol. The van der Waals surface area contributed by atoms with Crippen LogP contribution in [0.2, 0.25) is 0 Å². The summed E-state index contributed by atoms with van der Waals surface area (Å²) in [5.74, 6) is -4.04. The van der Waals surface area contributed by atoms with Gasteiger partial charge in [-0.2, -0.15) is 0 Å². The quantitative estimate of drug-likeness (QED) is 0.846. The van der Waals surface area contributed by atoms with Gasteiger partial charge in [0.25, 0.3) is 5.91 Å². The van der Waals surface area contributed by atoms with Crippen molar-refractivity contribution in [2.45, 2.75) is 6.54 Å². The maximum atomic E-state index is 13.3. The molecule has 0 bridgehead atoms. The molecule has 110 valence electrons. The monoisotopic (exact) mass is 296 g/mol. The zero-order valence-corrected chi connectivity index (χ0v) is 10.6. The molecule has 0 aliphatic carbocycles. The number of rotatable bonds is 5. The number of benzene rings is 1. The Kier molecular flexibility index (Phi) is 4.21. The Balaban J connectivity index is 1.94. The topological polar surface area (TPSA) is 97.1 Å². The number of aromatic nitrogens is 3. The van der Waals surface area contributed by atoms with Gasteiger partial charge >= 0.3 is 5.97 Å². The number of halogens is 2. The molecule has 1 heterocycles. The summed E-state index contributed by atoms with van der Waals surface area (Å²) in [6.45, 7) is 0.122. The lowest BCUT2D eigenvalue weighted by molar-refractivity contribution is 0.0690. The average Bonchev–Trinajstić information content (AvgIpc) is 2.87. The van der Waals surface area contributed by atoms with Crippen molar-refractivity contribution in [2.24, 2.45) is 0 Å². The minimum absolute atomic E-state index is 0.00896. The molecule has 0 aliphatic heterocycles. The first-order valence-corrected chi connectivity index (χ1v) is 5.84. The van der Waals surface area contributed by atoms with Gasteiger partial charge in [0.05, 0.1) is 12.7 Å². The van der Waals surface area contributed by atoms with Crippen LogP contribution in [0.4, 0.5) is 8.78 Å². The second-order valence-corrected chi connectivity index (χ2v) is 4.02. The Morgan fingerprint density at radius 3 is 2.52 bits per heavy atom. The molecule has 0 atom stereocenters. The van der Waals surface area contributed by atoms with Crippen molar-refractivity contribution < 1.29 is 23.5 Å². The molecule has 0 saturated heterocycles. The van der Waals surface area contributed by atoms with Crippen molar-refractivity contribution >= 4 is 11.9 Å². The molecule has 1 aromatic heterocycles. The largest absolute Gasteiger partial charge is 0.476 e. The highest BCUT2D eigenvalue weighted by molar-refractivity contribution is 5.94. The van der Waals surface area contributed by atoms with Gasteiger partial charge in [-0.15, -0.1) is 5.10 Å². The molecule has 0 unspecified atom stereocenters. The number of nitrogens with one attached hydrogen (secondary N) is 1. The fourth-order valence-corrected chi connectivity index (χ4v) is 1.59. The predicted molar refractivity (Wildman–Crippen MR) is 65.7 cm³/mol. The van der Waals surface area contributed by atoms with Crippen molar-refractivity contribution in [1.82, 2.24) is 20.3 Å². The SMILES string of the molecule is O=C(O)c1cn(CCNC(=O)c2c(F)cccc2F)nn1. The highest BCUT2D eigenvalue weighted by atomic mass is 19.1. The lowest BCUT2D eigenvalue weighted by Gasteiger charge is -2.06. The maximum absolute atomic E-state index is 13.3. The van der Waals surface area contributed by atoms with E-state index < -0.39 is 29.1 Å². The first-order chi connectivity index (χ1) is 9.99. The zero-order chi connectivity index (χ0) is 15.4. The molecule has 9 heteroatoms. The summed E-state index contributed by atoms with van der Waals surface area (Å²) in [6.07, 6.45) is 1.18. The van der Waals surface area contributed by atoms with Gasteiger partial charge in [-0.3, -0.25) is 4.79 Å². The van der Waals surface area contributed by atoms with Crippen LogP contribution in [0.25, 0.3) is 0 Å². The molecule has 2 rings (SSSR count). The minimum atomic E-state index is -1.22. The molecule has 1 aromatic carbocycles. The van der Waals surface area contributed by atoms with Gasteiger partial charge in [0.1, 0.15) is 17.2 Å². The van der Waals surface area contributed by atoms with Crippen molar-refractivity contribution in [3.63, 3.8) is 0 Å². The summed E-state index contributed by atoms with van der Waals surface area (Å²) in [4.78, 5) is 22.2. The van der Waals surface area contributed by atoms with Crippen molar-refractivity contribution in [3.05, 3.63) is 47.3 Å². The number of carbonyl (C=O) groups excluding carboxylic acids is 1. The maximum Gasteiger partial charge on any atom is 0.358 e. The van der Waals surface area contributed by atoms with E-state index in [1.54, 1.807) is 0 Å². The number of carbonyl (C=O) groups is 2. The number of carboxylic acid groups (broad SMARTS) is 1. The summed E-state index contributed by atoms with van der Waals surface area (Å²) in [5, 5.41) is 17.9. The fraction of sp³-hybridized carbons (Fsp3) is 0.167. The Morgan fingerprint density at radius 1 is 1.29 bits per heavy atom. The summed E-state index contributed by atoms with van der Waals surface area (Å²) in [6, 6.07) is 3.12. The highest BCUT2D eigenvalue weighted by Crippen LogP contribution is 2.11. The number of hydrogen-bond donors (Lipinski definition) is 2. The second kappa shape index (κ2) is 6.07. The molecule has 0 saturated carbocycles. The van der Waals surface area contributed by atoms with Gasteiger partial charge in [0.15, 0.2) is 5.69 Å². The van der Waals surface area contributed by atoms with Crippen molar-refractivity contribution in [2.75, 3.05) is 6.54 Å². The number of amides is 1. The van der Waals surface area contributed by atoms with Crippen LogP contribution in [-0.2, 0) is 6.54 Å². The highest BCUT2D eigenvalue weighted by Gasteiger charge is 2.16. The van der Waals surface area contributed by atoms with E-state index in [4.69, 9.17) is 5.11 Å². The van der Waals surface area contributed by atoms with Gasteiger partial charge in [0.2, 0.25) is 0 Å². The molecule has 0 fully saturated rings. The number of aromatic carboxylic acids is 1. The van der Waals surface area contributed by atoms with Crippen LogP contribution < -0.4 is 5.32 Å². The lowest BCUT2D eigenvalue weighted by atomic mass is 10.2. The Bertz CT molecular complexity index is 667. The molecule has 1 amide bonds. The van der Waals surface area contributed by atoms with E-state index in [2.05, 4.69) is 15.6 Å². The summed E-state index contributed by atoms with van der Waals surface area (Å²) in [5.41, 5.74) is -0.899. The van der Waals surface area contributed by atoms with Crippen LogP contribution in [0.5, 0.6) is 0 Å².